The van der Waals surface area contributed by atoms with Crippen molar-refractivity contribution in [3.63, 3.8) is 0 Å². The van der Waals surface area contributed by atoms with Crippen molar-refractivity contribution in [1.82, 2.24) is 14.8 Å². The van der Waals surface area contributed by atoms with Crippen LogP contribution in [0.25, 0.3) is 0 Å². The second-order valence-corrected chi connectivity index (χ2v) is 7.30. The van der Waals surface area contributed by atoms with Crippen LogP contribution in [-0.4, -0.2) is 60.9 Å². The molecule has 0 radical (unpaired) electrons. The number of aromatic nitrogens is 1. The molecule has 7 nitrogen and oxygen atoms in total. The SMILES string of the molecule is COc1ccccc1CC(=O)N1CCC(c2nc(C(=O)N(C)C)c(C)o2)CC1. The summed E-state index contributed by atoms with van der Waals surface area (Å²) < 4.78 is 11.1. The van der Waals surface area contributed by atoms with E-state index in [1.54, 1.807) is 28.1 Å². The molecule has 28 heavy (non-hydrogen) atoms. The fourth-order valence-electron chi connectivity index (χ4n) is 3.50. The Bertz CT molecular complexity index is 851. The minimum Gasteiger partial charge on any atom is -0.496 e. The number of hydrogen-bond acceptors (Lipinski definition) is 5. The molecule has 0 spiro atoms. The Balaban J connectivity index is 1.61. The number of rotatable bonds is 5. The monoisotopic (exact) mass is 385 g/mol. The van der Waals surface area contributed by atoms with Crippen molar-refractivity contribution in [1.29, 1.82) is 0 Å². The fraction of sp³-hybridized carbons (Fsp3) is 0.476. The van der Waals surface area contributed by atoms with Crippen molar-refractivity contribution < 1.29 is 18.7 Å². The third-order valence-electron chi connectivity index (χ3n) is 5.15. The summed E-state index contributed by atoms with van der Waals surface area (Å²) in [5.41, 5.74) is 1.27. The second-order valence-electron chi connectivity index (χ2n) is 7.30. The molecule has 2 heterocycles. The van der Waals surface area contributed by atoms with Gasteiger partial charge in [-0.05, 0) is 25.8 Å². The van der Waals surface area contributed by atoms with Gasteiger partial charge in [0.25, 0.3) is 5.91 Å². The first kappa shape index (κ1) is 19.9. The Labute approximate surface area is 165 Å². The number of piperidine rings is 1. The predicted octanol–water partition coefficient (Wildman–Crippen LogP) is 2.64. The summed E-state index contributed by atoms with van der Waals surface area (Å²) in [6.45, 7) is 3.06. The van der Waals surface area contributed by atoms with Crippen molar-refractivity contribution >= 4 is 11.8 Å². The van der Waals surface area contributed by atoms with Gasteiger partial charge in [-0.3, -0.25) is 9.59 Å². The largest absolute Gasteiger partial charge is 0.496 e. The molecular formula is C21H27N3O4. The Morgan fingerprint density at radius 1 is 1.25 bits per heavy atom. The Hall–Kier alpha value is -2.83. The van der Waals surface area contributed by atoms with Crippen LogP contribution in [0.5, 0.6) is 5.75 Å². The van der Waals surface area contributed by atoms with Crippen LogP contribution in [0, 0.1) is 6.92 Å². The summed E-state index contributed by atoms with van der Waals surface area (Å²) in [7, 11) is 5.01. The molecule has 1 aromatic carbocycles. The van der Waals surface area contributed by atoms with Crippen molar-refractivity contribution in [3.8, 4) is 5.75 Å². The number of carbonyl (C=O) groups excluding carboxylic acids is 2. The molecule has 0 aliphatic carbocycles. The molecule has 1 saturated heterocycles. The molecule has 1 fully saturated rings. The molecule has 2 aromatic rings. The predicted molar refractivity (Wildman–Crippen MR) is 105 cm³/mol. The fourth-order valence-corrected chi connectivity index (χ4v) is 3.50. The molecule has 150 valence electrons. The number of methoxy groups -OCH3 is 1. The van der Waals surface area contributed by atoms with E-state index in [4.69, 9.17) is 9.15 Å². The van der Waals surface area contributed by atoms with Gasteiger partial charge < -0.3 is 19.0 Å². The van der Waals surface area contributed by atoms with E-state index >= 15 is 0 Å². The summed E-state index contributed by atoms with van der Waals surface area (Å²) in [5.74, 6) is 1.94. The number of para-hydroxylation sites is 1. The number of carbonyl (C=O) groups is 2. The zero-order valence-electron chi connectivity index (χ0n) is 16.9. The van der Waals surface area contributed by atoms with Crippen LogP contribution in [0.15, 0.2) is 28.7 Å². The smallest absolute Gasteiger partial charge is 0.275 e. The van der Waals surface area contributed by atoms with Crippen LogP contribution in [0.3, 0.4) is 0 Å². The zero-order valence-corrected chi connectivity index (χ0v) is 16.9. The number of amides is 2. The first-order valence-corrected chi connectivity index (χ1v) is 9.49. The van der Waals surface area contributed by atoms with Gasteiger partial charge in [-0.1, -0.05) is 18.2 Å². The van der Waals surface area contributed by atoms with Gasteiger partial charge in [-0.25, -0.2) is 4.98 Å². The van der Waals surface area contributed by atoms with Gasteiger partial charge in [0.15, 0.2) is 11.6 Å². The lowest BCUT2D eigenvalue weighted by Gasteiger charge is -2.30. The highest BCUT2D eigenvalue weighted by atomic mass is 16.5. The molecule has 1 aromatic heterocycles. The van der Waals surface area contributed by atoms with Crippen LogP contribution in [0.4, 0.5) is 0 Å². The highest BCUT2D eigenvalue weighted by Gasteiger charge is 2.29. The van der Waals surface area contributed by atoms with Gasteiger partial charge >= 0.3 is 0 Å². The number of ether oxygens (including phenoxy) is 1. The molecule has 1 aliphatic heterocycles. The standard InChI is InChI=1S/C21H27N3O4/c1-14-19(21(26)23(2)3)22-20(28-14)15-9-11-24(12-10-15)18(25)13-16-7-5-6-8-17(16)27-4/h5-8,15H,9-13H2,1-4H3. The van der Waals surface area contributed by atoms with E-state index in [1.807, 2.05) is 29.2 Å². The quantitative estimate of drug-likeness (QED) is 0.791. The molecule has 0 unspecified atom stereocenters. The third-order valence-corrected chi connectivity index (χ3v) is 5.15. The van der Waals surface area contributed by atoms with E-state index in [0.29, 0.717) is 36.9 Å². The number of likely N-dealkylation sites (tertiary alicyclic amines) is 1. The van der Waals surface area contributed by atoms with E-state index in [0.717, 1.165) is 24.2 Å². The number of nitrogens with zero attached hydrogens (tertiary/aromatic N) is 3. The Kier molecular flexibility index (Phi) is 6.02. The third kappa shape index (κ3) is 4.18. The lowest BCUT2D eigenvalue weighted by atomic mass is 9.96. The maximum Gasteiger partial charge on any atom is 0.275 e. The summed E-state index contributed by atoms with van der Waals surface area (Å²) in [5, 5.41) is 0. The van der Waals surface area contributed by atoms with Crippen molar-refractivity contribution in [2.45, 2.75) is 32.1 Å². The molecule has 0 N–H and O–H groups in total. The maximum absolute atomic E-state index is 12.7. The number of hydrogen-bond donors (Lipinski definition) is 0. The summed E-state index contributed by atoms with van der Waals surface area (Å²) in [4.78, 5) is 32.7. The van der Waals surface area contributed by atoms with Crippen LogP contribution >= 0.6 is 0 Å². The van der Waals surface area contributed by atoms with Crippen LogP contribution in [0.2, 0.25) is 0 Å². The number of aryl methyl sites for hydroxylation is 1. The molecule has 3 rings (SSSR count). The van der Waals surface area contributed by atoms with Crippen molar-refractivity contribution in [3.05, 3.63) is 47.2 Å². The van der Waals surface area contributed by atoms with E-state index < -0.39 is 0 Å². The summed E-state index contributed by atoms with van der Waals surface area (Å²) in [6.07, 6.45) is 1.87. The van der Waals surface area contributed by atoms with Gasteiger partial charge in [-0.2, -0.15) is 0 Å². The lowest BCUT2D eigenvalue weighted by Crippen LogP contribution is -2.38. The van der Waals surface area contributed by atoms with Crippen molar-refractivity contribution in [2.75, 3.05) is 34.3 Å². The first-order chi connectivity index (χ1) is 13.4. The Morgan fingerprint density at radius 3 is 2.57 bits per heavy atom. The molecule has 2 amide bonds. The van der Waals surface area contributed by atoms with E-state index in [2.05, 4.69) is 4.98 Å². The average molecular weight is 385 g/mol. The van der Waals surface area contributed by atoms with Crippen molar-refractivity contribution in [2.24, 2.45) is 0 Å². The topological polar surface area (TPSA) is 75.9 Å². The molecule has 0 bridgehead atoms. The highest BCUT2D eigenvalue weighted by molar-refractivity contribution is 5.92. The minimum atomic E-state index is -0.156. The molecular weight excluding hydrogens is 358 g/mol. The van der Waals surface area contributed by atoms with Gasteiger partial charge in [0.05, 0.1) is 13.5 Å². The van der Waals surface area contributed by atoms with Gasteiger partial charge in [0, 0.05) is 38.7 Å². The summed E-state index contributed by atoms with van der Waals surface area (Å²) in [6, 6.07) is 7.59. The number of oxazole rings is 1. The van der Waals surface area contributed by atoms with Crippen LogP contribution in [0.1, 0.15) is 46.5 Å². The second kappa shape index (κ2) is 8.46. The van der Waals surface area contributed by atoms with Gasteiger partial charge in [0.2, 0.25) is 5.91 Å². The zero-order chi connectivity index (χ0) is 20.3. The molecule has 0 saturated carbocycles. The minimum absolute atomic E-state index is 0.0926. The summed E-state index contributed by atoms with van der Waals surface area (Å²) >= 11 is 0. The lowest BCUT2D eigenvalue weighted by molar-refractivity contribution is -0.131. The van der Waals surface area contributed by atoms with Crippen LogP contribution < -0.4 is 4.74 Å². The van der Waals surface area contributed by atoms with Crippen LogP contribution in [-0.2, 0) is 11.2 Å². The maximum atomic E-state index is 12.7. The Morgan fingerprint density at radius 2 is 1.93 bits per heavy atom. The number of benzene rings is 1. The first-order valence-electron chi connectivity index (χ1n) is 9.49. The molecule has 0 atom stereocenters. The van der Waals surface area contributed by atoms with E-state index in [-0.39, 0.29) is 17.7 Å². The van der Waals surface area contributed by atoms with Gasteiger partial charge in [0.1, 0.15) is 11.5 Å². The van der Waals surface area contributed by atoms with E-state index in [1.165, 1.54) is 4.90 Å². The van der Waals surface area contributed by atoms with E-state index in [9.17, 15) is 9.59 Å². The normalized spacial score (nSPS) is 14.8. The average Bonchev–Trinajstić information content (AvgIpc) is 3.09. The van der Waals surface area contributed by atoms with Gasteiger partial charge in [-0.15, -0.1) is 0 Å². The molecule has 1 aliphatic rings. The molecule has 7 heteroatoms. The highest BCUT2D eigenvalue weighted by Crippen LogP contribution is 2.29.